The Hall–Kier alpha value is -3.06. The summed E-state index contributed by atoms with van der Waals surface area (Å²) in [6.45, 7) is 1.94. The molecular weight excluding hydrogens is 374 g/mol. The van der Waals surface area contributed by atoms with E-state index in [-0.39, 0.29) is 17.7 Å². The second-order valence-corrected chi connectivity index (χ2v) is 6.90. The third-order valence-corrected chi connectivity index (χ3v) is 4.88. The number of nitrogens with zero attached hydrogens (tertiary/aromatic N) is 2. The van der Waals surface area contributed by atoms with E-state index in [1.807, 2.05) is 61.5 Å². The molecule has 1 amide bonds. The average Bonchev–Trinajstić information content (AvgIpc) is 2.74. The number of carbonyl (C=O) groups is 1. The molecule has 144 valence electrons. The molecule has 0 aliphatic heterocycles. The van der Waals surface area contributed by atoms with Gasteiger partial charge in [-0.1, -0.05) is 42.1 Å². The standard InChI is InChI=1S/C21H21N3O3S/c1-15(16-8-10-17(26-2)11-9-16)24-19(25)14-28-21-20(22-12-13-23-21)27-18-6-4-3-5-7-18/h3-13,15H,14H2,1-2H3,(H,24,25)/t15-/m1/s1. The first-order valence-electron chi connectivity index (χ1n) is 8.75. The highest BCUT2D eigenvalue weighted by atomic mass is 32.2. The third kappa shape index (κ3) is 5.47. The number of amides is 1. The zero-order chi connectivity index (χ0) is 19.8. The lowest BCUT2D eigenvalue weighted by Crippen LogP contribution is -2.28. The molecule has 0 aliphatic rings. The fourth-order valence-corrected chi connectivity index (χ4v) is 3.18. The Balaban J connectivity index is 1.57. The Labute approximate surface area is 168 Å². The van der Waals surface area contributed by atoms with Crippen LogP contribution in [0.5, 0.6) is 17.4 Å². The zero-order valence-corrected chi connectivity index (χ0v) is 16.5. The minimum Gasteiger partial charge on any atom is -0.497 e. The number of rotatable bonds is 8. The number of benzene rings is 2. The SMILES string of the molecule is COc1ccc([C@@H](C)NC(=O)CSc2nccnc2Oc2ccccc2)cc1. The lowest BCUT2D eigenvalue weighted by molar-refractivity contribution is -0.119. The van der Waals surface area contributed by atoms with Crippen molar-refractivity contribution in [1.29, 1.82) is 0 Å². The first-order valence-corrected chi connectivity index (χ1v) is 9.74. The number of hydrogen-bond acceptors (Lipinski definition) is 6. The van der Waals surface area contributed by atoms with E-state index in [0.29, 0.717) is 16.7 Å². The van der Waals surface area contributed by atoms with Crippen molar-refractivity contribution in [2.45, 2.75) is 18.0 Å². The van der Waals surface area contributed by atoms with Crippen molar-refractivity contribution in [3.05, 3.63) is 72.6 Å². The number of para-hydroxylation sites is 1. The maximum absolute atomic E-state index is 12.3. The number of ether oxygens (including phenoxy) is 2. The van der Waals surface area contributed by atoms with Crippen LogP contribution < -0.4 is 14.8 Å². The topological polar surface area (TPSA) is 73.3 Å². The summed E-state index contributed by atoms with van der Waals surface area (Å²) < 4.78 is 10.9. The van der Waals surface area contributed by atoms with Gasteiger partial charge in [0.1, 0.15) is 11.5 Å². The molecule has 6 nitrogen and oxygen atoms in total. The van der Waals surface area contributed by atoms with Crippen LogP contribution in [0.1, 0.15) is 18.5 Å². The summed E-state index contributed by atoms with van der Waals surface area (Å²) in [5.41, 5.74) is 1.01. The Morgan fingerprint density at radius 3 is 2.46 bits per heavy atom. The van der Waals surface area contributed by atoms with Crippen LogP contribution in [-0.2, 0) is 4.79 Å². The molecule has 7 heteroatoms. The molecule has 3 aromatic rings. The van der Waals surface area contributed by atoms with Gasteiger partial charge in [0.05, 0.1) is 18.9 Å². The quantitative estimate of drug-likeness (QED) is 0.575. The molecule has 0 saturated heterocycles. The van der Waals surface area contributed by atoms with Gasteiger partial charge >= 0.3 is 0 Å². The van der Waals surface area contributed by atoms with Crippen molar-refractivity contribution in [2.75, 3.05) is 12.9 Å². The van der Waals surface area contributed by atoms with Crippen molar-refractivity contribution >= 4 is 17.7 Å². The van der Waals surface area contributed by atoms with Crippen LogP contribution in [0.4, 0.5) is 0 Å². The van der Waals surface area contributed by atoms with Crippen molar-refractivity contribution in [1.82, 2.24) is 15.3 Å². The molecule has 3 rings (SSSR count). The van der Waals surface area contributed by atoms with Crippen LogP contribution in [0, 0.1) is 0 Å². The lowest BCUT2D eigenvalue weighted by Gasteiger charge is -2.15. The van der Waals surface area contributed by atoms with Gasteiger partial charge in [-0.05, 0) is 36.8 Å². The fourth-order valence-electron chi connectivity index (χ4n) is 2.47. The predicted octanol–water partition coefficient (Wildman–Crippen LogP) is 4.25. The van der Waals surface area contributed by atoms with Crippen LogP contribution in [0.15, 0.2) is 72.0 Å². The summed E-state index contributed by atoms with van der Waals surface area (Å²) in [7, 11) is 1.62. The van der Waals surface area contributed by atoms with Gasteiger partial charge in [-0.3, -0.25) is 4.79 Å². The van der Waals surface area contributed by atoms with Crippen molar-refractivity contribution < 1.29 is 14.3 Å². The predicted molar refractivity (Wildman–Crippen MR) is 109 cm³/mol. The van der Waals surface area contributed by atoms with Crippen LogP contribution >= 0.6 is 11.8 Å². The minimum atomic E-state index is -0.110. The molecule has 1 N–H and O–H groups in total. The molecule has 1 atom stereocenters. The van der Waals surface area contributed by atoms with E-state index < -0.39 is 0 Å². The van der Waals surface area contributed by atoms with Crippen LogP contribution in [0.2, 0.25) is 0 Å². The molecule has 0 radical (unpaired) electrons. The Morgan fingerprint density at radius 1 is 1.04 bits per heavy atom. The van der Waals surface area contributed by atoms with Gasteiger partial charge in [-0.2, -0.15) is 0 Å². The molecule has 1 aromatic heterocycles. The van der Waals surface area contributed by atoms with Crippen LogP contribution in [-0.4, -0.2) is 28.7 Å². The number of carbonyl (C=O) groups excluding carboxylic acids is 1. The molecule has 0 bridgehead atoms. The number of aromatic nitrogens is 2. The average molecular weight is 395 g/mol. The molecule has 0 spiro atoms. The van der Waals surface area contributed by atoms with E-state index in [0.717, 1.165) is 11.3 Å². The smallest absolute Gasteiger partial charge is 0.252 e. The fraction of sp³-hybridized carbons (Fsp3) is 0.190. The number of thioether (sulfide) groups is 1. The summed E-state index contributed by atoms with van der Waals surface area (Å²) in [5, 5.41) is 3.55. The van der Waals surface area contributed by atoms with E-state index >= 15 is 0 Å². The number of hydrogen-bond donors (Lipinski definition) is 1. The Bertz CT molecular complexity index is 904. The number of nitrogens with one attached hydrogen (secondary N) is 1. The summed E-state index contributed by atoms with van der Waals surface area (Å²) in [5.74, 6) is 1.96. The first-order chi connectivity index (χ1) is 13.7. The molecule has 0 aliphatic carbocycles. The summed E-state index contributed by atoms with van der Waals surface area (Å²) in [6.07, 6.45) is 3.15. The molecule has 2 aromatic carbocycles. The van der Waals surface area contributed by atoms with Crippen molar-refractivity contribution in [2.24, 2.45) is 0 Å². The van der Waals surface area contributed by atoms with Crippen LogP contribution in [0.3, 0.4) is 0 Å². The summed E-state index contributed by atoms with van der Waals surface area (Å²) >= 11 is 1.29. The Kier molecular flexibility index (Phi) is 6.86. The normalized spacial score (nSPS) is 11.5. The van der Waals surface area contributed by atoms with Gasteiger partial charge in [-0.25, -0.2) is 9.97 Å². The third-order valence-electron chi connectivity index (χ3n) is 3.92. The highest BCUT2D eigenvalue weighted by molar-refractivity contribution is 8.00. The highest BCUT2D eigenvalue weighted by Gasteiger charge is 2.14. The zero-order valence-electron chi connectivity index (χ0n) is 15.7. The van der Waals surface area contributed by atoms with E-state index in [1.54, 1.807) is 19.5 Å². The van der Waals surface area contributed by atoms with Gasteiger partial charge in [0.2, 0.25) is 5.91 Å². The monoisotopic (exact) mass is 395 g/mol. The first kappa shape index (κ1) is 19.7. The van der Waals surface area contributed by atoms with E-state index in [4.69, 9.17) is 9.47 Å². The summed E-state index contributed by atoms with van der Waals surface area (Å²) in [4.78, 5) is 20.9. The van der Waals surface area contributed by atoms with Crippen molar-refractivity contribution in [3.8, 4) is 17.4 Å². The molecular formula is C21H21N3O3S. The van der Waals surface area contributed by atoms with Crippen molar-refractivity contribution in [3.63, 3.8) is 0 Å². The van der Waals surface area contributed by atoms with Gasteiger partial charge in [0, 0.05) is 12.4 Å². The molecule has 0 saturated carbocycles. The van der Waals surface area contributed by atoms with E-state index in [1.165, 1.54) is 11.8 Å². The summed E-state index contributed by atoms with van der Waals surface area (Å²) in [6, 6.07) is 16.9. The van der Waals surface area contributed by atoms with Gasteiger partial charge < -0.3 is 14.8 Å². The Morgan fingerprint density at radius 2 is 1.75 bits per heavy atom. The largest absolute Gasteiger partial charge is 0.497 e. The van der Waals surface area contributed by atoms with E-state index in [2.05, 4.69) is 15.3 Å². The number of methoxy groups -OCH3 is 1. The maximum atomic E-state index is 12.3. The molecule has 1 heterocycles. The van der Waals surface area contributed by atoms with Gasteiger partial charge in [-0.15, -0.1) is 0 Å². The molecule has 0 fully saturated rings. The lowest BCUT2D eigenvalue weighted by atomic mass is 10.1. The van der Waals surface area contributed by atoms with Crippen LogP contribution in [0.25, 0.3) is 0 Å². The molecule has 0 unspecified atom stereocenters. The minimum absolute atomic E-state index is 0.0929. The van der Waals surface area contributed by atoms with Gasteiger partial charge in [0.25, 0.3) is 5.88 Å². The molecule has 28 heavy (non-hydrogen) atoms. The highest BCUT2D eigenvalue weighted by Crippen LogP contribution is 2.28. The van der Waals surface area contributed by atoms with Gasteiger partial charge in [0.15, 0.2) is 5.03 Å². The second-order valence-electron chi connectivity index (χ2n) is 5.93. The second kappa shape index (κ2) is 9.75. The maximum Gasteiger partial charge on any atom is 0.252 e. The van der Waals surface area contributed by atoms with E-state index in [9.17, 15) is 4.79 Å².